The molecule has 104 valence electrons. The van der Waals surface area contributed by atoms with Crippen molar-refractivity contribution in [2.24, 2.45) is 5.41 Å². The first kappa shape index (κ1) is 15.7. The Balaban J connectivity index is 2.97. The van der Waals surface area contributed by atoms with Crippen LogP contribution in [0.3, 0.4) is 0 Å². The number of carboxylic acids is 1. The van der Waals surface area contributed by atoms with Crippen LogP contribution in [0.15, 0.2) is 12.1 Å². The van der Waals surface area contributed by atoms with E-state index in [1.807, 2.05) is 0 Å². The number of halogens is 2. The molecule has 7 heteroatoms. The van der Waals surface area contributed by atoms with Gasteiger partial charge in [-0.3, -0.25) is 4.79 Å². The molecule has 5 nitrogen and oxygen atoms in total. The first-order chi connectivity index (χ1) is 8.61. The first-order valence-corrected chi connectivity index (χ1v) is 6.23. The summed E-state index contributed by atoms with van der Waals surface area (Å²) in [5.41, 5.74) is -0.456. The van der Waals surface area contributed by atoms with Crippen molar-refractivity contribution in [3.05, 3.63) is 28.0 Å². The molecule has 1 atom stereocenters. The summed E-state index contributed by atoms with van der Waals surface area (Å²) < 4.78 is 0. The van der Waals surface area contributed by atoms with Crippen LogP contribution in [0.25, 0.3) is 0 Å². The lowest BCUT2D eigenvalue weighted by molar-refractivity contribution is -0.142. The smallest absolute Gasteiger partial charge is 0.326 e. The van der Waals surface area contributed by atoms with Gasteiger partial charge >= 0.3 is 5.97 Å². The van der Waals surface area contributed by atoms with Crippen molar-refractivity contribution in [2.45, 2.75) is 26.8 Å². The van der Waals surface area contributed by atoms with E-state index in [2.05, 4.69) is 10.3 Å². The molecule has 1 heterocycles. The number of hydrogen-bond acceptors (Lipinski definition) is 3. The van der Waals surface area contributed by atoms with Crippen LogP contribution < -0.4 is 5.32 Å². The minimum atomic E-state index is -1.10. The summed E-state index contributed by atoms with van der Waals surface area (Å²) in [5.74, 6) is -1.67. The fraction of sp³-hybridized carbons (Fsp3) is 0.417. The predicted molar refractivity (Wildman–Crippen MR) is 72.6 cm³/mol. The Kier molecular flexibility index (Phi) is 4.76. The van der Waals surface area contributed by atoms with Crippen LogP contribution in [0, 0.1) is 5.41 Å². The molecular weight excluding hydrogens is 291 g/mol. The largest absolute Gasteiger partial charge is 0.480 e. The number of nitrogens with zero attached hydrogens (tertiary/aromatic N) is 1. The third-order valence-electron chi connectivity index (χ3n) is 2.41. The van der Waals surface area contributed by atoms with E-state index >= 15 is 0 Å². The summed E-state index contributed by atoms with van der Waals surface area (Å²) in [4.78, 5) is 26.9. The van der Waals surface area contributed by atoms with Crippen LogP contribution in [0.1, 0.15) is 31.1 Å². The molecular formula is C12H14Cl2N2O3. The van der Waals surface area contributed by atoms with E-state index in [1.165, 1.54) is 12.1 Å². The maximum Gasteiger partial charge on any atom is 0.326 e. The Bertz CT molecular complexity index is 492. The van der Waals surface area contributed by atoms with Crippen molar-refractivity contribution in [1.82, 2.24) is 10.3 Å². The predicted octanol–water partition coefficient (Wildman–Crippen LogP) is 2.62. The normalized spacial score (nSPS) is 12.9. The van der Waals surface area contributed by atoms with Gasteiger partial charge in [0.25, 0.3) is 5.91 Å². The minimum absolute atomic E-state index is 0.0697. The summed E-state index contributed by atoms with van der Waals surface area (Å²) in [6.07, 6.45) is 0. The van der Waals surface area contributed by atoms with Crippen LogP contribution in [0.4, 0.5) is 0 Å². The highest BCUT2D eigenvalue weighted by Crippen LogP contribution is 2.21. The molecule has 0 spiro atoms. The van der Waals surface area contributed by atoms with Gasteiger partial charge in [-0.05, 0) is 17.5 Å². The summed E-state index contributed by atoms with van der Waals surface area (Å²) in [6, 6.07) is 1.63. The second-order valence-corrected chi connectivity index (χ2v) is 5.89. The number of aliphatic carboxylic acids is 1. The van der Waals surface area contributed by atoms with Gasteiger partial charge in [-0.25, -0.2) is 9.78 Å². The molecule has 1 unspecified atom stereocenters. The fourth-order valence-electron chi connectivity index (χ4n) is 1.46. The maximum absolute atomic E-state index is 12.0. The Morgan fingerprint density at radius 2 is 1.74 bits per heavy atom. The Labute approximate surface area is 120 Å². The highest BCUT2D eigenvalue weighted by Gasteiger charge is 2.32. The summed E-state index contributed by atoms with van der Waals surface area (Å²) in [6.45, 7) is 5.16. The number of aromatic nitrogens is 1. The molecule has 0 saturated heterocycles. The number of rotatable bonds is 3. The molecule has 0 aromatic carbocycles. The van der Waals surface area contributed by atoms with Crippen LogP contribution in [0.2, 0.25) is 10.3 Å². The van der Waals surface area contributed by atoms with E-state index < -0.39 is 23.3 Å². The number of nitrogens with one attached hydrogen (secondary N) is 1. The number of carboxylic acid groups (broad SMARTS) is 1. The van der Waals surface area contributed by atoms with Crippen LogP contribution in [-0.4, -0.2) is 28.0 Å². The van der Waals surface area contributed by atoms with Crippen molar-refractivity contribution in [1.29, 1.82) is 0 Å². The van der Waals surface area contributed by atoms with Gasteiger partial charge < -0.3 is 10.4 Å². The van der Waals surface area contributed by atoms with Gasteiger partial charge in [0.05, 0.1) is 0 Å². The minimum Gasteiger partial charge on any atom is -0.480 e. The Hall–Kier alpha value is -1.33. The summed E-state index contributed by atoms with van der Waals surface area (Å²) in [5, 5.41) is 11.7. The molecule has 1 aromatic rings. The lowest BCUT2D eigenvalue weighted by Gasteiger charge is -2.27. The number of hydrogen-bond donors (Lipinski definition) is 2. The second kappa shape index (κ2) is 5.75. The van der Waals surface area contributed by atoms with Crippen LogP contribution in [-0.2, 0) is 4.79 Å². The summed E-state index contributed by atoms with van der Waals surface area (Å²) >= 11 is 11.4. The molecule has 0 bridgehead atoms. The molecule has 19 heavy (non-hydrogen) atoms. The molecule has 0 fully saturated rings. The van der Waals surface area contributed by atoms with Gasteiger partial charge in [0.15, 0.2) is 0 Å². The molecule has 1 aromatic heterocycles. The monoisotopic (exact) mass is 304 g/mol. The van der Waals surface area contributed by atoms with Crippen LogP contribution >= 0.6 is 23.2 Å². The average Bonchev–Trinajstić information content (AvgIpc) is 2.21. The van der Waals surface area contributed by atoms with Gasteiger partial charge in [-0.15, -0.1) is 0 Å². The van der Waals surface area contributed by atoms with Crippen molar-refractivity contribution in [3.63, 3.8) is 0 Å². The zero-order valence-corrected chi connectivity index (χ0v) is 12.2. The molecule has 1 rings (SSSR count). The molecule has 2 N–H and O–H groups in total. The lowest BCUT2D eigenvalue weighted by atomic mass is 9.86. The zero-order chi connectivity index (χ0) is 14.8. The quantitative estimate of drug-likeness (QED) is 0.841. The van der Waals surface area contributed by atoms with E-state index in [4.69, 9.17) is 28.3 Å². The van der Waals surface area contributed by atoms with Crippen molar-refractivity contribution in [3.8, 4) is 0 Å². The zero-order valence-electron chi connectivity index (χ0n) is 10.7. The average molecular weight is 305 g/mol. The number of carbonyl (C=O) groups is 2. The first-order valence-electron chi connectivity index (χ1n) is 5.48. The van der Waals surface area contributed by atoms with E-state index in [0.29, 0.717) is 0 Å². The van der Waals surface area contributed by atoms with Crippen molar-refractivity contribution >= 4 is 35.1 Å². The molecule has 0 aliphatic carbocycles. The maximum atomic E-state index is 12.0. The third-order valence-corrected chi connectivity index (χ3v) is 2.80. The van der Waals surface area contributed by atoms with Gasteiger partial charge in [0, 0.05) is 5.56 Å². The number of carbonyl (C=O) groups excluding carboxylic acids is 1. The Morgan fingerprint density at radius 3 is 2.11 bits per heavy atom. The van der Waals surface area contributed by atoms with E-state index in [9.17, 15) is 9.59 Å². The molecule has 0 aliphatic rings. The van der Waals surface area contributed by atoms with E-state index in [1.54, 1.807) is 20.8 Å². The number of amides is 1. The lowest BCUT2D eigenvalue weighted by Crippen LogP contribution is -2.49. The Morgan fingerprint density at radius 1 is 1.26 bits per heavy atom. The molecule has 0 aliphatic heterocycles. The summed E-state index contributed by atoms with van der Waals surface area (Å²) in [7, 11) is 0. The van der Waals surface area contributed by atoms with Crippen molar-refractivity contribution in [2.75, 3.05) is 0 Å². The van der Waals surface area contributed by atoms with Crippen molar-refractivity contribution < 1.29 is 14.7 Å². The molecule has 0 saturated carbocycles. The highest BCUT2D eigenvalue weighted by atomic mass is 35.5. The van der Waals surface area contributed by atoms with Crippen LogP contribution in [0.5, 0.6) is 0 Å². The van der Waals surface area contributed by atoms with Gasteiger partial charge in [0.2, 0.25) is 0 Å². The molecule has 1 amide bonds. The van der Waals surface area contributed by atoms with Gasteiger partial charge in [-0.1, -0.05) is 44.0 Å². The SMILES string of the molecule is CC(C)(C)C(NC(=O)c1cc(Cl)nc(Cl)c1)C(=O)O. The fourth-order valence-corrected chi connectivity index (χ4v) is 1.92. The topological polar surface area (TPSA) is 79.3 Å². The third kappa shape index (κ3) is 4.36. The second-order valence-electron chi connectivity index (χ2n) is 5.11. The standard InChI is InChI=1S/C12H14Cl2N2O3/c1-12(2,3)9(11(18)19)16-10(17)6-4-7(13)15-8(14)5-6/h4-5,9H,1-3H3,(H,16,17)(H,18,19). The van der Waals surface area contributed by atoms with E-state index in [-0.39, 0.29) is 15.9 Å². The highest BCUT2D eigenvalue weighted by molar-refractivity contribution is 6.33. The van der Waals surface area contributed by atoms with Gasteiger partial charge in [0.1, 0.15) is 16.3 Å². The number of pyridine rings is 1. The molecule has 0 radical (unpaired) electrons. The van der Waals surface area contributed by atoms with E-state index in [0.717, 1.165) is 0 Å². The van der Waals surface area contributed by atoms with Gasteiger partial charge in [-0.2, -0.15) is 0 Å².